The summed E-state index contributed by atoms with van der Waals surface area (Å²) in [5.74, 6) is 0.273. The Morgan fingerprint density at radius 3 is 2.81 bits per heavy atom. The maximum atomic E-state index is 13.2. The predicted molar refractivity (Wildman–Crippen MR) is 80.6 cm³/mol. The molecule has 0 aliphatic heterocycles. The number of hydrogen-bond acceptors (Lipinski definition) is 2. The molecular weight excluding hydrogens is 269 g/mol. The summed E-state index contributed by atoms with van der Waals surface area (Å²) in [6.07, 6.45) is 2.21. The third-order valence-electron chi connectivity index (χ3n) is 3.42. The van der Waals surface area contributed by atoms with Gasteiger partial charge >= 0.3 is 0 Å². The van der Waals surface area contributed by atoms with Crippen LogP contribution in [-0.2, 0) is 11.2 Å². The Balaban J connectivity index is 2.01. The summed E-state index contributed by atoms with van der Waals surface area (Å²) in [6.45, 7) is 5.90. The van der Waals surface area contributed by atoms with E-state index in [1.807, 2.05) is 26.8 Å². The number of halogens is 1. The highest BCUT2D eigenvalue weighted by atomic mass is 19.1. The van der Waals surface area contributed by atoms with Gasteiger partial charge in [0.1, 0.15) is 11.6 Å². The molecule has 4 nitrogen and oxygen atoms in total. The average Bonchev–Trinajstić information content (AvgIpc) is 2.87. The monoisotopic (exact) mass is 289 g/mol. The lowest BCUT2D eigenvalue weighted by atomic mass is 10.00. The van der Waals surface area contributed by atoms with E-state index >= 15 is 0 Å². The second-order valence-electron chi connectivity index (χ2n) is 5.58. The molecule has 0 saturated heterocycles. The van der Waals surface area contributed by atoms with E-state index in [2.05, 4.69) is 15.5 Å². The Morgan fingerprint density at radius 1 is 1.38 bits per heavy atom. The van der Waals surface area contributed by atoms with Crippen molar-refractivity contribution >= 4 is 11.7 Å². The largest absolute Gasteiger partial charge is 0.311 e. The number of nitrogens with one attached hydrogen (secondary N) is 2. The lowest BCUT2D eigenvalue weighted by Gasteiger charge is -2.13. The molecule has 112 valence electrons. The standard InChI is InChI=1S/C16H20FN3O/c1-10(2)14-9-18-20-15(14)19-16(21)11(3)7-12-5-4-6-13(17)8-12/h4-6,8-11H,7H2,1-3H3,(H2,18,19,20,21). The van der Waals surface area contributed by atoms with Crippen molar-refractivity contribution < 1.29 is 9.18 Å². The highest BCUT2D eigenvalue weighted by molar-refractivity contribution is 5.92. The Morgan fingerprint density at radius 2 is 2.14 bits per heavy atom. The van der Waals surface area contributed by atoms with Crippen LogP contribution in [0.4, 0.5) is 10.2 Å². The first-order chi connectivity index (χ1) is 9.97. The SMILES string of the molecule is CC(Cc1cccc(F)c1)C(=O)Nc1[nH]ncc1C(C)C. The normalized spacial score (nSPS) is 12.4. The van der Waals surface area contributed by atoms with Crippen LogP contribution in [-0.4, -0.2) is 16.1 Å². The zero-order chi connectivity index (χ0) is 15.4. The number of aromatic amines is 1. The summed E-state index contributed by atoms with van der Waals surface area (Å²) in [7, 11) is 0. The molecule has 0 bridgehead atoms. The van der Waals surface area contributed by atoms with Crippen LogP contribution in [0.15, 0.2) is 30.5 Å². The lowest BCUT2D eigenvalue weighted by molar-refractivity contribution is -0.119. The van der Waals surface area contributed by atoms with Crippen molar-refractivity contribution in [3.8, 4) is 0 Å². The minimum atomic E-state index is -0.282. The highest BCUT2D eigenvalue weighted by Gasteiger charge is 2.17. The second kappa shape index (κ2) is 6.52. The molecule has 1 atom stereocenters. The maximum Gasteiger partial charge on any atom is 0.228 e. The minimum Gasteiger partial charge on any atom is -0.311 e. The van der Waals surface area contributed by atoms with Gasteiger partial charge in [-0.3, -0.25) is 9.89 Å². The molecule has 2 aromatic rings. The van der Waals surface area contributed by atoms with E-state index in [0.717, 1.165) is 11.1 Å². The van der Waals surface area contributed by atoms with Gasteiger partial charge in [0.25, 0.3) is 0 Å². The third kappa shape index (κ3) is 3.90. The molecular formula is C16H20FN3O. The number of amides is 1. The minimum absolute atomic E-state index is 0.106. The number of hydrogen-bond donors (Lipinski definition) is 2. The van der Waals surface area contributed by atoms with Crippen molar-refractivity contribution in [3.05, 3.63) is 47.4 Å². The van der Waals surface area contributed by atoms with E-state index in [1.165, 1.54) is 12.1 Å². The molecule has 1 amide bonds. The van der Waals surface area contributed by atoms with E-state index in [-0.39, 0.29) is 23.6 Å². The first kappa shape index (κ1) is 15.2. The molecule has 1 aromatic carbocycles. The molecule has 0 aliphatic carbocycles. The second-order valence-corrected chi connectivity index (χ2v) is 5.58. The summed E-state index contributed by atoms with van der Waals surface area (Å²) < 4.78 is 13.2. The Labute approximate surface area is 123 Å². The number of carbonyl (C=O) groups excluding carboxylic acids is 1. The average molecular weight is 289 g/mol. The first-order valence-electron chi connectivity index (χ1n) is 7.06. The van der Waals surface area contributed by atoms with Crippen LogP contribution < -0.4 is 5.32 Å². The molecule has 0 radical (unpaired) electrons. The van der Waals surface area contributed by atoms with Crippen LogP contribution >= 0.6 is 0 Å². The van der Waals surface area contributed by atoms with E-state index in [9.17, 15) is 9.18 Å². The van der Waals surface area contributed by atoms with Crippen LogP contribution in [0.25, 0.3) is 0 Å². The molecule has 0 saturated carbocycles. The van der Waals surface area contributed by atoms with Crippen molar-refractivity contribution in [2.45, 2.75) is 33.1 Å². The topological polar surface area (TPSA) is 57.8 Å². The number of rotatable bonds is 5. The highest BCUT2D eigenvalue weighted by Crippen LogP contribution is 2.22. The first-order valence-corrected chi connectivity index (χ1v) is 7.06. The van der Waals surface area contributed by atoms with Crippen molar-refractivity contribution in [2.75, 3.05) is 5.32 Å². The van der Waals surface area contributed by atoms with Crippen LogP contribution in [0, 0.1) is 11.7 Å². The smallest absolute Gasteiger partial charge is 0.228 e. The fourth-order valence-electron chi connectivity index (χ4n) is 2.19. The molecule has 0 fully saturated rings. The van der Waals surface area contributed by atoms with Gasteiger partial charge in [-0.05, 0) is 30.0 Å². The number of carbonyl (C=O) groups is 1. The van der Waals surface area contributed by atoms with E-state index in [0.29, 0.717) is 12.2 Å². The van der Waals surface area contributed by atoms with Crippen molar-refractivity contribution in [3.63, 3.8) is 0 Å². The van der Waals surface area contributed by atoms with Crippen molar-refractivity contribution in [1.82, 2.24) is 10.2 Å². The van der Waals surface area contributed by atoms with Gasteiger partial charge in [0, 0.05) is 11.5 Å². The van der Waals surface area contributed by atoms with Gasteiger partial charge in [0.15, 0.2) is 0 Å². The van der Waals surface area contributed by atoms with E-state index < -0.39 is 0 Å². The van der Waals surface area contributed by atoms with Gasteiger partial charge in [-0.15, -0.1) is 0 Å². The number of nitrogens with zero attached hydrogens (tertiary/aromatic N) is 1. The summed E-state index contributed by atoms with van der Waals surface area (Å²) >= 11 is 0. The molecule has 1 aromatic heterocycles. The van der Waals surface area contributed by atoms with Gasteiger partial charge in [-0.1, -0.05) is 32.9 Å². The fourth-order valence-corrected chi connectivity index (χ4v) is 2.19. The van der Waals surface area contributed by atoms with Gasteiger partial charge in [-0.2, -0.15) is 5.10 Å². The van der Waals surface area contributed by atoms with Gasteiger partial charge < -0.3 is 5.32 Å². The van der Waals surface area contributed by atoms with Crippen LogP contribution in [0.3, 0.4) is 0 Å². The summed E-state index contributed by atoms with van der Waals surface area (Å²) in [5.41, 5.74) is 1.78. The number of anilines is 1. The van der Waals surface area contributed by atoms with Crippen LogP contribution in [0.5, 0.6) is 0 Å². The molecule has 1 heterocycles. The molecule has 0 spiro atoms. The molecule has 1 unspecified atom stereocenters. The third-order valence-corrected chi connectivity index (χ3v) is 3.42. The maximum absolute atomic E-state index is 13.2. The van der Waals surface area contributed by atoms with Gasteiger partial charge in [-0.25, -0.2) is 4.39 Å². The number of H-pyrrole nitrogens is 1. The Hall–Kier alpha value is -2.17. The predicted octanol–water partition coefficient (Wildman–Crippen LogP) is 3.49. The Kier molecular flexibility index (Phi) is 4.73. The summed E-state index contributed by atoms with van der Waals surface area (Å²) in [4.78, 5) is 12.2. The van der Waals surface area contributed by atoms with Gasteiger partial charge in [0.05, 0.1) is 6.20 Å². The van der Waals surface area contributed by atoms with Gasteiger partial charge in [0.2, 0.25) is 5.91 Å². The molecule has 5 heteroatoms. The van der Waals surface area contributed by atoms with E-state index in [1.54, 1.807) is 12.3 Å². The molecule has 2 rings (SSSR count). The molecule has 0 aliphatic rings. The number of aromatic nitrogens is 2. The Bertz CT molecular complexity index is 621. The van der Waals surface area contributed by atoms with Crippen LogP contribution in [0.1, 0.15) is 37.8 Å². The van der Waals surface area contributed by atoms with Crippen LogP contribution in [0.2, 0.25) is 0 Å². The molecule has 2 N–H and O–H groups in total. The number of benzene rings is 1. The summed E-state index contributed by atoms with van der Waals surface area (Å²) in [5, 5.41) is 9.62. The van der Waals surface area contributed by atoms with Crippen molar-refractivity contribution in [2.24, 2.45) is 5.92 Å². The van der Waals surface area contributed by atoms with E-state index in [4.69, 9.17) is 0 Å². The zero-order valence-electron chi connectivity index (χ0n) is 12.5. The summed E-state index contributed by atoms with van der Waals surface area (Å²) in [6, 6.07) is 6.33. The fraction of sp³-hybridized carbons (Fsp3) is 0.375. The van der Waals surface area contributed by atoms with Crippen molar-refractivity contribution in [1.29, 1.82) is 0 Å². The molecule has 21 heavy (non-hydrogen) atoms. The zero-order valence-corrected chi connectivity index (χ0v) is 12.5. The lowest BCUT2D eigenvalue weighted by Crippen LogP contribution is -2.23. The quantitative estimate of drug-likeness (QED) is 0.885.